The van der Waals surface area contributed by atoms with Gasteiger partial charge in [-0.3, -0.25) is 9.82 Å². The number of rotatable bonds is 6. The quantitative estimate of drug-likeness (QED) is 0.683. The lowest BCUT2D eigenvalue weighted by molar-refractivity contribution is 0.377. The molecule has 0 spiro atoms. The van der Waals surface area contributed by atoms with E-state index in [9.17, 15) is 8.42 Å². The highest BCUT2D eigenvalue weighted by atomic mass is 32.2. The molecule has 2 rings (SSSR count). The fraction of sp³-hybridized carbons (Fsp3) is 0.0909. The largest absolute Gasteiger partial charge is 0.487 e. The molecule has 1 aromatic carbocycles. The highest BCUT2D eigenvalue weighted by Gasteiger charge is 2.14. The van der Waals surface area contributed by atoms with Crippen molar-refractivity contribution in [3.63, 3.8) is 0 Å². The molecule has 0 unspecified atom stereocenters. The van der Waals surface area contributed by atoms with Crippen LogP contribution in [-0.2, 0) is 10.0 Å². The van der Waals surface area contributed by atoms with Gasteiger partial charge in [0, 0.05) is 11.9 Å². The van der Waals surface area contributed by atoms with E-state index >= 15 is 0 Å². The Morgan fingerprint density at radius 1 is 1.40 bits per heavy atom. The minimum atomic E-state index is -3.63. The summed E-state index contributed by atoms with van der Waals surface area (Å²) in [7, 11) is -3.63. The predicted molar refractivity (Wildman–Crippen MR) is 78.1 cm³/mol. The summed E-state index contributed by atoms with van der Waals surface area (Å²) in [6.45, 7) is 0.134. The van der Waals surface area contributed by atoms with Gasteiger partial charge in [0.2, 0.25) is 0 Å². The summed E-state index contributed by atoms with van der Waals surface area (Å²) in [5.74, 6) is 0.545. The average Bonchev–Trinajstić information content (AvgIpc) is 2.92. The van der Waals surface area contributed by atoms with E-state index in [4.69, 9.17) is 10.5 Å². The Labute approximate surface area is 121 Å². The molecule has 7 nitrogen and oxygen atoms in total. The molecular formula is C11H12N4O3S2. The second-order valence-electron chi connectivity index (χ2n) is 3.82. The van der Waals surface area contributed by atoms with Gasteiger partial charge in [-0.1, -0.05) is 12.2 Å². The first-order valence-corrected chi connectivity index (χ1v) is 7.39. The van der Waals surface area contributed by atoms with Crippen molar-refractivity contribution in [3.8, 4) is 5.75 Å². The van der Waals surface area contributed by atoms with Gasteiger partial charge in [0.25, 0.3) is 10.0 Å². The molecule has 0 aliphatic rings. The third-order valence-corrected chi connectivity index (χ3v) is 3.74. The van der Waals surface area contributed by atoms with Crippen molar-refractivity contribution < 1.29 is 13.2 Å². The van der Waals surface area contributed by atoms with Crippen molar-refractivity contribution >= 4 is 32.9 Å². The maximum absolute atomic E-state index is 11.9. The van der Waals surface area contributed by atoms with Crippen LogP contribution in [0.2, 0.25) is 0 Å². The third kappa shape index (κ3) is 3.68. The van der Waals surface area contributed by atoms with E-state index in [0.29, 0.717) is 11.4 Å². The van der Waals surface area contributed by atoms with E-state index in [0.717, 1.165) is 0 Å². The van der Waals surface area contributed by atoms with Gasteiger partial charge in [0.15, 0.2) is 0 Å². The van der Waals surface area contributed by atoms with Crippen LogP contribution in [0.4, 0.5) is 5.69 Å². The molecule has 0 bridgehead atoms. The number of sulfonamides is 1. The monoisotopic (exact) mass is 312 g/mol. The summed E-state index contributed by atoms with van der Waals surface area (Å²) in [6.07, 6.45) is 2.52. The fourth-order valence-electron chi connectivity index (χ4n) is 1.37. The number of H-pyrrole nitrogens is 1. The van der Waals surface area contributed by atoms with Gasteiger partial charge in [-0.25, -0.2) is 8.42 Å². The first-order valence-electron chi connectivity index (χ1n) is 5.50. The number of aromatic nitrogens is 2. The van der Waals surface area contributed by atoms with Crippen LogP contribution in [0.3, 0.4) is 0 Å². The van der Waals surface area contributed by atoms with Gasteiger partial charge in [-0.15, -0.1) is 0 Å². The van der Waals surface area contributed by atoms with Crippen LogP contribution >= 0.6 is 12.2 Å². The maximum atomic E-state index is 11.9. The van der Waals surface area contributed by atoms with Crippen molar-refractivity contribution in [1.29, 1.82) is 0 Å². The summed E-state index contributed by atoms with van der Waals surface area (Å²) in [4.78, 5) is 0.307. The molecule has 1 heterocycles. The van der Waals surface area contributed by atoms with E-state index in [-0.39, 0.29) is 16.5 Å². The molecule has 0 aliphatic heterocycles. The molecule has 0 saturated carbocycles. The Hall–Kier alpha value is -2.13. The maximum Gasteiger partial charge on any atom is 0.265 e. The van der Waals surface area contributed by atoms with Crippen LogP contribution in [0.15, 0.2) is 41.6 Å². The summed E-state index contributed by atoms with van der Waals surface area (Å²) in [5, 5.41) is 6.04. The minimum Gasteiger partial charge on any atom is -0.487 e. The first-order chi connectivity index (χ1) is 9.47. The molecule has 106 valence electrons. The van der Waals surface area contributed by atoms with Gasteiger partial charge in [-0.05, 0) is 24.3 Å². The lowest BCUT2D eigenvalue weighted by Gasteiger charge is -2.08. The Morgan fingerprint density at radius 3 is 2.65 bits per heavy atom. The number of anilines is 1. The van der Waals surface area contributed by atoms with E-state index in [2.05, 4.69) is 27.1 Å². The standard InChI is InChI=1S/C11H12N4O3S2/c12-11(19)7-18-9-3-1-8(2-4-9)15-20(16,17)10-5-13-14-6-10/h1-6,15H,7H2,(H2,12,19)(H,13,14). The summed E-state index contributed by atoms with van der Waals surface area (Å²) >= 11 is 4.69. The summed E-state index contributed by atoms with van der Waals surface area (Å²) < 4.78 is 31.5. The van der Waals surface area contributed by atoms with Gasteiger partial charge >= 0.3 is 0 Å². The number of hydrogen-bond acceptors (Lipinski definition) is 5. The van der Waals surface area contributed by atoms with Crippen molar-refractivity contribution in [3.05, 3.63) is 36.7 Å². The Kier molecular flexibility index (Phi) is 4.20. The molecule has 0 saturated heterocycles. The van der Waals surface area contributed by atoms with Crippen molar-refractivity contribution in [2.45, 2.75) is 4.90 Å². The molecule has 20 heavy (non-hydrogen) atoms. The zero-order valence-corrected chi connectivity index (χ0v) is 11.9. The molecule has 4 N–H and O–H groups in total. The number of nitrogens with zero attached hydrogens (tertiary/aromatic N) is 1. The molecule has 0 aliphatic carbocycles. The van der Waals surface area contributed by atoms with E-state index in [1.54, 1.807) is 24.3 Å². The van der Waals surface area contributed by atoms with Crippen molar-refractivity contribution in [1.82, 2.24) is 10.2 Å². The number of thiocarbonyl (C=S) groups is 1. The summed E-state index contributed by atoms with van der Waals surface area (Å²) in [6, 6.07) is 6.38. The lowest BCUT2D eigenvalue weighted by atomic mass is 10.3. The normalized spacial score (nSPS) is 11.0. The number of aromatic amines is 1. The predicted octanol–water partition coefficient (Wildman–Crippen LogP) is 0.875. The van der Waals surface area contributed by atoms with Crippen LogP contribution in [0, 0.1) is 0 Å². The first kappa shape index (κ1) is 14.3. The van der Waals surface area contributed by atoms with Crippen LogP contribution < -0.4 is 15.2 Å². The molecule has 2 aromatic rings. The lowest BCUT2D eigenvalue weighted by Crippen LogP contribution is -2.17. The molecule has 0 amide bonds. The third-order valence-electron chi connectivity index (χ3n) is 2.27. The number of nitrogens with one attached hydrogen (secondary N) is 2. The number of ether oxygens (including phenoxy) is 1. The molecule has 0 atom stereocenters. The van der Waals surface area contributed by atoms with Gasteiger partial charge in [0.1, 0.15) is 22.2 Å². The molecule has 1 aromatic heterocycles. The molecule has 9 heteroatoms. The number of nitrogens with two attached hydrogens (primary N) is 1. The Balaban J connectivity index is 2.06. The van der Waals surface area contributed by atoms with Crippen molar-refractivity contribution in [2.75, 3.05) is 11.3 Å². The second-order valence-corrected chi connectivity index (χ2v) is 6.03. The topological polar surface area (TPSA) is 110 Å². The van der Waals surface area contributed by atoms with Crippen molar-refractivity contribution in [2.24, 2.45) is 5.73 Å². The Bertz CT molecular complexity index is 681. The number of hydrogen-bond donors (Lipinski definition) is 3. The van der Waals surface area contributed by atoms with Crippen LogP contribution in [0.25, 0.3) is 0 Å². The van der Waals surface area contributed by atoms with Gasteiger partial charge in [0.05, 0.1) is 6.20 Å². The summed E-state index contributed by atoms with van der Waals surface area (Å²) in [5.41, 5.74) is 5.72. The van der Waals surface area contributed by atoms with Crippen LogP contribution in [-0.4, -0.2) is 30.2 Å². The minimum absolute atomic E-state index is 0.0614. The van der Waals surface area contributed by atoms with Gasteiger partial charge in [-0.2, -0.15) is 5.10 Å². The molecular weight excluding hydrogens is 300 g/mol. The van der Waals surface area contributed by atoms with E-state index < -0.39 is 10.0 Å². The molecule has 0 radical (unpaired) electrons. The second kappa shape index (κ2) is 5.88. The smallest absolute Gasteiger partial charge is 0.265 e. The molecule has 0 fully saturated rings. The average molecular weight is 312 g/mol. The SMILES string of the molecule is NC(=S)COc1ccc(NS(=O)(=O)c2cn[nH]c2)cc1. The zero-order chi connectivity index (χ0) is 14.6. The van der Waals surface area contributed by atoms with Crippen LogP contribution in [0.1, 0.15) is 0 Å². The highest BCUT2D eigenvalue weighted by Crippen LogP contribution is 2.18. The fourth-order valence-corrected chi connectivity index (χ4v) is 2.40. The Morgan fingerprint density at radius 2 is 2.10 bits per heavy atom. The highest BCUT2D eigenvalue weighted by molar-refractivity contribution is 7.92. The number of benzene rings is 1. The van der Waals surface area contributed by atoms with Crippen LogP contribution in [0.5, 0.6) is 5.75 Å². The zero-order valence-electron chi connectivity index (χ0n) is 10.2. The van der Waals surface area contributed by atoms with E-state index in [1.807, 2.05) is 0 Å². The van der Waals surface area contributed by atoms with Gasteiger partial charge < -0.3 is 10.5 Å². The van der Waals surface area contributed by atoms with E-state index in [1.165, 1.54) is 12.4 Å².